The summed E-state index contributed by atoms with van der Waals surface area (Å²) < 4.78 is 1.01. The van der Waals surface area contributed by atoms with Gasteiger partial charge < -0.3 is 10.0 Å². The quantitative estimate of drug-likeness (QED) is 0.691. The second-order valence-electron chi connectivity index (χ2n) is 6.97. The summed E-state index contributed by atoms with van der Waals surface area (Å²) in [6.45, 7) is 1.22. The molecule has 1 heterocycles. The lowest BCUT2D eigenvalue weighted by Crippen LogP contribution is -2.59. The molecule has 3 aliphatic rings. The van der Waals surface area contributed by atoms with Gasteiger partial charge in [-0.15, -0.1) is 0 Å². The predicted octanol–water partition coefficient (Wildman–Crippen LogP) is 3.69. The van der Waals surface area contributed by atoms with E-state index in [2.05, 4.69) is 46.7 Å². The molecule has 1 aromatic rings. The van der Waals surface area contributed by atoms with Crippen LogP contribution < -0.4 is 0 Å². The second-order valence-corrected chi connectivity index (χ2v) is 8.13. The van der Waals surface area contributed by atoms with Crippen LogP contribution in [0.25, 0.3) is 0 Å². The van der Waals surface area contributed by atoms with E-state index in [1.54, 1.807) is 0 Å². The minimum absolute atomic E-state index is 0.366. The van der Waals surface area contributed by atoms with Gasteiger partial charge in [-0.1, -0.05) is 12.8 Å². The van der Waals surface area contributed by atoms with Gasteiger partial charge in [0.1, 0.15) is 5.75 Å². The Morgan fingerprint density at radius 2 is 2.15 bits per heavy atom. The number of fused-ring (bicyclic) bond motifs is 1. The maximum atomic E-state index is 10.2. The lowest BCUT2D eigenvalue weighted by Gasteiger charge is -2.58. The highest BCUT2D eigenvalue weighted by Crippen LogP contribution is 2.56. The first-order valence-electron chi connectivity index (χ1n) is 7.84. The number of piperidine rings is 1. The Kier molecular flexibility index (Phi) is 3.08. The minimum atomic E-state index is 0.366. The Bertz CT molecular complexity index is 558. The zero-order valence-electron chi connectivity index (χ0n) is 12.0. The maximum Gasteiger partial charge on any atom is 0.129 e. The highest BCUT2D eigenvalue weighted by atomic mass is 127. The van der Waals surface area contributed by atoms with Gasteiger partial charge in [0, 0.05) is 11.5 Å². The molecular weight excluding hydrogens is 361 g/mol. The number of hydrogen-bond donors (Lipinski definition) is 1. The average molecular weight is 383 g/mol. The zero-order valence-corrected chi connectivity index (χ0v) is 14.2. The van der Waals surface area contributed by atoms with E-state index < -0.39 is 0 Å². The zero-order chi connectivity index (χ0) is 13.9. The molecular formula is C17H22INO. The van der Waals surface area contributed by atoms with E-state index in [9.17, 15) is 5.11 Å². The van der Waals surface area contributed by atoms with E-state index in [0.717, 1.165) is 15.5 Å². The Labute approximate surface area is 134 Å². The fourth-order valence-electron chi connectivity index (χ4n) is 5.21. The summed E-state index contributed by atoms with van der Waals surface area (Å²) in [4.78, 5) is 2.59. The molecule has 0 unspecified atom stereocenters. The fraction of sp³-hybridized carbons (Fsp3) is 0.647. The van der Waals surface area contributed by atoms with Gasteiger partial charge in [-0.2, -0.15) is 0 Å². The van der Waals surface area contributed by atoms with Crippen LogP contribution in [0.1, 0.15) is 43.2 Å². The molecule has 3 heteroatoms. The number of hydrogen-bond acceptors (Lipinski definition) is 2. The van der Waals surface area contributed by atoms with Gasteiger partial charge in [-0.3, -0.25) is 0 Å². The molecule has 2 nitrogen and oxygen atoms in total. The van der Waals surface area contributed by atoms with E-state index in [0.29, 0.717) is 11.2 Å². The van der Waals surface area contributed by atoms with Gasteiger partial charge in [0.05, 0.1) is 3.57 Å². The number of likely N-dealkylation sites (tertiary alicyclic amines) is 1. The number of phenolic OH excluding ortho intramolecular Hbond substituents is 1. The number of rotatable bonds is 0. The SMILES string of the molecule is CN1CC[C@@]23CCCC[C@@H]2[C@@H]1Cc1cc(I)c(O)cc13. The Balaban J connectivity index is 1.92. The summed E-state index contributed by atoms with van der Waals surface area (Å²) in [6.07, 6.45) is 7.91. The molecule has 2 fully saturated rings. The summed E-state index contributed by atoms with van der Waals surface area (Å²) >= 11 is 2.26. The lowest BCUT2D eigenvalue weighted by molar-refractivity contribution is 0.00270. The van der Waals surface area contributed by atoms with E-state index in [4.69, 9.17) is 0 Å². The van der Waals surface area contributed by atoms with E-state index in [-0.39, 0.29) is 0 Å². The maximum absolute atomic E-state index is 10.2. The van der Waals surface area contributed by atoms with Gasteiger partial charge in [0.15, 0.2) is 0 Å². The van der Waals surface area contributed by atoms with Crippen LogP contribution in [0.15, 0.2) is 12.1 Å². The van der Waals surface area contributed by atoms with E-state index in [1.807, 2.05) is 0 Å². The number of aromatic hydroxyl groups is 1. The minimum Gasteiger partial charge on any atom is -0.507 e. The standard InChI is InChI=1S/C17H22INO/c1-19-7-6-17-5-3-2-4-12(17)15(19)9-11-8-14(18)16(20)10-13(11)17/h8,10,12,15,20H,2-7,9H2,1H3/t12-,15+,17+/m1/s1. The van der Waals surface area contributed by atoms with Crippen LogP contribution in [-0.4, -0.2) is 29.6 Å². The van der Waals surface area contributed by atoms with E-state index >= 15 is 0 Å². The highest BCUT2D eigenvalue weighted by Gasteiger charge is 2.53. The molecule has 0 spiro atoms. The van der Waals surface area contributed by atoms with Crippen LogP contribution in [0.2, 0.25) is 0 Å². The Hall–Kier alpha value is -0.290. The van der Waals surface area contributed by atoms with Crippen LogP contribution in [0.3, 0.4) is 0 Å². The summed E-state index contributed by atoms with van der Waals surface area (Å²) in [6, 6.07) is 5.07. The normalized spacial score (nSPS) is 36.3. The van der Waals surface area contributed by atoms with Gasteiger partial charge in [-0.25, -0.2) is 0 Å². The number of benzene rings is 1. The van der Waals surface area contributed by atoms with Crippen molar-refractivity contribution in [2.45, 2.75) is 50.0 Å². The molecule has 108 valence electrons. The second kappa shape index (κ2) is 4.60. The molecule has 4 rings (SSSR count). The molecule has 0 aromatic heterocycles. The topological polar surface area (TPSA) is 23.5 Å². The van der Waals surface area contributed by atoms with Crippen molar-refractivity contribution in [3.05, 3.63) is 26.8 Å². The van der Waals surface area contributed by atoms with Crippen molar-refractivity contribution in [2.24, 2.45) is 5.92 Å². The highest BCUT2D eigenvalue weighted by molar-refractivity contribution is 14.1. The summed E-state index contributed by atoms with van der Waals surface area (Å²) in [7, 11) is 2.31. The molecule has 2 bridgehead atoms. The first-order chi connectivity index (χ1) is 9.62. The van der Waals surface area contributed by atoms with Gasteiger partial charge in [0.25, 0.3) is 0 Å². The monoisotopic (exact) mass is 383 g/mol. The third-order valence-electron chi connectivity index (χ3n) is 6.18. The molecule has 0 amide bonds. The molecule has 20 heavy (non-hydrogen) atoms. The molecule has 1 saturated carbocycles. The Morgan fingerprint density at radius 3 is 3.00 bits per heavy atom. The smallest absolute Gasteiger partial charge is 0.129 e. The Morgan fingerprint density at radius 1 is 1.30 bits per heavy atom. The van der Waals surface area contributed by atoms with Gasteiger partial charge >= 0.3 is 0 Å². The molecule has 1 aromatic carbocycles. The van der Waals surface area contributed by atoms with Crippen LogP contribution in [-0.2, 0) is 11.8 Å². The van der Waals surface area contributed by atoms with Crippen LogP contribution >= 0.6 is 22.6 Å². The third-order valence-corrected chi connectivity index (χ3v) is 7.04. The van der Waals surface area contributed by atoms with Crippen LogP contribution in [0.4, 0.5) is 0 Å². The number of phenols is 1. The molecule has 0 radical (unpaired) electrons. The van der Waals surface area contributed by atoms with Crippen molar-refractivity contribution in [2.75, 3.05) is 13.6 Å². The summed E-state index contributed by atoms with van der Waals surface area (Å²) in [5, 5.41) is 10.2. The summed E-state index contributed by atoms with van der Waals surface area (Å²) in [5.74, 6) is 1.29. The van der Waals surface area contributed by atoms with Crippen LogP contribution in [0.5, 0.6) is 5.75 Å². The van der Waals surface area contributed by atoms with Crippen molar-refractivity contribution >= 4 is 22.6 Å². The summed E-state index contributed by atoms with van der Waals surface area (Å²) in [5.41, 5.74) is 3.36. The molecule has 1 saturated heterocycles. The number of likely N-dealkylation sites (N-methyl/N-ethyl adjacent to an activating group) is 1. The number of nitrogens with zero attached hydrogens (tertiary/aromatic N) is 1. The van der Waals surface area contributed by atoms with Crippen molar-refractivity contribution in [3.8, 4) is 5.75 Å². The average Bonchev–Trinajstić information content (AvgIpc) is 2.45. The van der Waals surface area contributed by atoms with Crippen molar-refractivity contribution in [1.29, 1.82) is 0 Å². The molecule has 2 aliphatic carbocycles. The third kappa shape index (κ3) is 1.71. The van der Waals surface area contributed by atoms with Gasteiger partial charge in [0.2, 0.25) is 0 Å². The fourth-order valence-corrected chi connectivity index (χ4v) is 5.75. The van der Waals surface area contributed by atoms with E-state index in [1.165, 1.54) is 56.2 Å². The predicted molar refractivity (Wildman–Crippen MR) is 89.2 cm³/mol. The first-order valence-corrected chi connectivity index (χ1v) is 8.92. The molecule has 1 aliphatic heterocycles. The van der Waals surface area contributed by atoms with Crippen molar-refractivity contribution in [3.63, 3.8) is 0 Å². The lowest BCUT2D eigenvalue weighted by atomic mass is 9.52. The van der Waals surface area contributed by atoms with Crippen LogP contribution in [0, 0.1) is 9.49 Å². The molecule has 3 atom stereocenters. The molecule has 1 N–H and O–H groups in total. The largest absolute Gasteiger partial charge is 0.507 e. The van der Waals surface area contributed by atoms with Crippen molar-refractivity contribution < 1.29 is 5.11 Å². The van der Waals surface area contributed by atoms with Crippen molar-refractivity contribution in [1.82, 2.24) is 4.90 Å². The first kappa shape index (κ1) is 13.4. The van der Waals surface area contributed by atoms with Gasteiger partial charge in [-0.05, 0) is 91.0 Å². The number of halogens is 1.